The highest BCUT2D eigenvalue weighted by Crippen LogP contribution is 2.25. The van der Waals surface area contributed by atoms with Crippen molar-refractivity contribution in [3.63, 3.8) is 0 Å². The van der Waals surface area contributed by atoms with E-state index in [2.05, 4.69) is 6.58 Å². The van der Waals surface area contributed by atoms with E-state index in [9.17, 15) is 4.79 Å². The van der Waals surface area contributed by atoms with E-state index in [1.54, 1.807) is 33.8 Å². The predicted octanol–water partition coefficient (Wildman–Crippen LogP) is 2.43. The lowest BCUT2D eigenvalue weighted by molar-refractivity contribution is -0.163. The molecule has 3 heteroatoms. The highest BCUT2D eigenvalue weighted by Gasteiger charge is 2.36. The largest absolute Gasteiger partial charge is 0.459 e. The van der Waals surface area contributed by atoms with Gasteiger partial charge in [0.2, 0.25) is 0 Å². The van der Waals surface area contributed by atoms with Crippen LogP contribution in [-0.4, -0.2) is 11.6 Å². The maximum Gasteiger partial charge on any atom is 0.327 e. The number of nitriles is 1. The van der Waals surface area contributed by atoms with Crippen LogP contribution in [0.25, 0.3) is 0 Å². The van der Waals surface area contributed by atoms with Gasteiger partial charge in [-0.3, -0.25) is 4.79 Å². The number of ether oxygens (including phenoxy) is 1. The Morgan fingerprint density at radius 2 is 2.00 bits per heavy atom. The minimum Gasteiger partial charge on any atom is -0.459 e. The zero-order valence-electron chi connectivity index (χ0n) is 9.26. The van der Waals surface area contributed by atoms with Crippen LogP contribution >= 0.6 is 0 Å². The number of esters is 1. The van der Waals surface area contributed by atoms with Crippen LogP contribution in [0.3, 0.4) is 0 Å². The molecule has 0 amide bonds. The molecule has 0 aromatic rings. The number of rotatable bonds is 3. The van der Waals surface area contributed by atoms with E-state index in [4.69, 9.17) is 10.00 Å². The van der Waals surface area contributed by atoms with Crippen molar-refractivity contribution in [3.8, 4) is 6.07 Å². The van der Waals surface area contributed by atoms with Gasteiger partial charge in [-0.05, 0) is 34.1 Å². The third kappa shape index (κ3) is 3.61. The number of hydrogen-bond acceptors (Lipinski definition) is 3. The second-order valence-electron chi connectivity index (χ2n) is 4.44. The molecular weight excluding hydrogens is 178 g/mol. The summed E-state index contributed by atoms with van der Waals surface area (Å²) >= 11 is 0. The third-order valence-electron chi connectivity index (χ3n) is 1.65. The van der Waals surface area contributed by atoms with E-state index in [0.29, 0.717) is 6.42 Å². The van der Waals surface area contributed by atoms with Crippen LogP contribution in [-0.2, 0) is 9.53 Å². The Bertz CT molecular complexity index is 270. The number of nitrogens with zero attached hydrogens (tertiary/aromatic N) is 1. The lowest BCUT2D eigenvalue weighted by Crippen LogP contribution is -2.34. The molecule has 0 bridgehead atoms. The summed E-state index contributed by atoms with van der Waals surface area (Å²) in [5, 5.41) is 8.89. The summed E-state index contributed by atoms with van der Waals surface area (Å²) < 4.78 is 5.14. The molecule has 0 N–H and O–H groups in total. The maximum absolute atomic E-state index is 11.6. The first-order valence-corrected chi connectivity index (χ1v) is 4.51. The normalized spacial score (nSPS) is 15.1. The number of carbonyl (C=O) groups excluding carboxylic acids is 1. The van der Waals surface area contributed by atoms with E-state index in [1.807, 2.05) is 6.07 Å². The molecule has 0 radical (unpaired) electrons. The minimum atomic E-state index is -1.12. The third-order valence-corrected chi connectivity index (χ3v) is 1.65. The molecule has 0 unspecified atom stereocenters. The summed E-state index contributed by atoms with van der Waals surface area (Å²) in [5.41, 5.74) is -1.68. The van der Waals surface area contributed by atoms with Crippen LogP contribution in [0.5, 0.6) is 0 Å². The van der Waals surface area contributed by atoms with Gasteiger partial charge >= 0.3 is 5.97 Å². The Hall–Kier alpha value is -1.30. The fourth-order valence-electron chi connectivity index (χ4n) is 0.854. The Balaban J connectivity index is 4.65. The zero-order chi connectivity index (χ0) is 11.4. The highest BCUT2D eigenvalue weighted by molar-refractivity contribution is 5.80. The van der Waals surface area contributed by atoms with E-state index in [0.717, 1.165) is 0 Å². The molecule has 3 nitrogen and oxygen atoms in total. The first-order chi connectivity index (χ1) is 6.25. The molecule has 14 heavy (non-hydrogen) atoms. The van der Waals surface area contributed by atoms with Crippen molar-refractivity contribution in [3.05, 3.63) is 12.7 Å². The Labute approximate surface area is 85.4 Å². The van der Waals surface area contributed by atoms with Crippen molar-refractivity contribution < 1.29 is 9.53 Å². The molecule has 1 atom stereocenters. The van der Waals surface area contributed by atoms with Gasteiger partial charge < -0.3 is 4.74 Å². The average Bonchev–Trinajstić information content (AvgIpc) is 2.01. The second-order valence-corrected chi connectivity index (χ2v) is 4.44. The molecule has 0 aromatic carbocycles. The molecular formula is C11H17NO2. The van der Waals surface area contributed by atoms with Crippen LogP contribution in [0.15, 0.2) is 12.7 Å². The molecule has 0 rings (SSSR count). The lowest BCUT2D eigenvalue weighted by atomic mass is 9.88. The molecule has 0 fully saturated rings. The van der Waals surface area contributed by atoms with Crippen LogP contribution in [0.2, 0.25) is 0 Å². The molecule has 0 spiro atoms. The van der Waals surface area contributed by atoms with Gasteiger partial charge in [0.05, 0.1) is 6.07 Å². The fourth-order valence-corrected chi connectivity index (χ4v) is 0.854. The second kappa shape index (κ2) is 4.28. The fraction of sp³-hybridized carbons (Fsp3) is 0.636. The quantitative estimate of drug-likeness (QED) is 0.513. The average molecular weight is 195 g/mol. The van der Waals surface area contributed by atoms with Gasteiger partial charge in [-0.1, -0.05) is 6.08 Å². The van der Waals surface area contributed by atoms with Gasteiger partial charge in [0.25, 0.3) is 0 Å². The van der Waals surface area contributed by atoms with E-state index < -0.39 is 17.0 Å². The monoisotopic (exact) mass is 195 g/mol. The predicted molar refractivity (Wildman–Crippen MR) is 54.4 cm³/mol. The SMILES string of the molecule is C=CC[C@@](C)(C#N)C(=O)OC(C)(C)C. The van der Waals surface area contributed by atoms with Crippen molar-refractivity contribution in [2.45, 2.75) is 39.7 Å². The van der Waals surface area contributed by atoms with E-state index in [1.165, 1.54) is 0 Å². The van der Waals surface area contributed by atoms with Gasteiger partial charge in [-0.15, -0.1) is 6.58 Å². The van der Waals surface area contributed by atoms with Crippen LogP contribution in [0, 0.1) is 16.7 Å². The molecule has 78 valence electrons. The molecule has 0 saturated carbocycles. The van der Waals surface area contributed by atoms with Gasteiger partial charge in [0, 0.05) is 0 Å². The Morgan fingerprint density at radius 1 is 1.50 bits per heavy atom. The Morgan fingerprint density at radius 3 is 2.29 bits per heavy atom. The summed E-state index contributed by atoms with van der Waals surface area (Å²) in [6.45, 7) is 10.4. The molecule has 0 aliphatic carbocycles. The van der Waals surface area contributed by atoms with Crippen LogP contribution in [0.1, 0.15) is 34.1 Å². The van der Waals surface area contributed by atoms with Crippen molar-refractivity contribution in [2.24, 2.45) is 5.41 Å². The molecule has 0 heterocycles. The molecule has 0 saturated heterocycles. The Kier molecular flexibility index (Phi) is 3.88. The van der Waals surface area contributed by atoms with Crippen molar-refractivity contribution in [1.29, 1.82) is 5.26 Å². The zero-order valence-corrected chi connectivity index (χ0v) is 9.26. The van der Waals surface area contributed by atoms with Crippen LogP contribution < -0.4 is 0 Å². The standard InChI is InChI=1S/C11H17NO2/c1-6-7-11(5,8-12)9(13)14-10(2,3)4/h6H,1,7H2,2-5H3/t11-/m0/s1. The van der Waals surface area contributed by atoms with Crippen molar-refractivity contribution in [2.75, 3.05) is 0 Å². The summed E-state index contributed by atoms with van der Waals surface area (Å²) in [4.78, 5) is 11.6. The molecule has 0 aliphatic heterocycles. The highest BCUT2D eigenvalue weighted by atomic mass is 16.6. The van der Waals surface area contributed by atoms with Gasteiger partial charge in [0.1, 0.15) is 5.60 Å². The van der Waals surface area contributed by atoms with Crippen LogP contribution in [0.4, 0.5) is 0 Å². The minimum absolute atomic E-state index is 0.304. The summed E-state index contributed by atoms with van der Waals surface area (Å²) in [6, 6.07) is 1.96. The molecule has 0 aromatic heterocycles. The lowest BCUT2D eigenvalue weighted by Gasteiger charge is -2.25. The van der Waals surface area contributed by atoms with E-state index >= 15 is 0 Å². The first kappa shape index (κ1) is 12.7. The summed E-state index contributed by atoms with van der Waals surface area (Å²) in [5.74, 6) is -0.493. The van der Waals surface area contributed by atoms with Gasteiger partial charge in [0.15, 0.2) is 5.41 Å². The maximum atomic E-state index is 11.6. The van der Waals surface area contributed by atoms with Crippen molar-refractivity contribution in [1.82, 2.24) is 0 Å². The summed E-state index contributed by atoms with van der Waals surface area (Å²) in [6.07, 6.45) is 1.85. The summed E-state index contributed by atoms with van der Waals surface area (Å²) in [7, 11) is 0. The van der Waals surface area contributed by atoms with Gasteiger partial charge in [-0.2, -0.15) is 5.26 Å². The number of hydrogen-bond donors (Lipinski definition) is 0. The smallest absolute Gasteiger partial charge is 0.327 e. The van der Waals surface area contributed by atoms with Crippen molar-refractivity contribution >= 4 is 5.97 Å². The van der Waals surface area contributed by atoms with E-state index in [-0.39, 0.29) is 0 Å². The topological polar surface area (TPSA) is 50.1 Å². The first-order valence-electron chi connectivity index (χ1n) is 4.51. The number of carbonyl (C=O) groups is 1. The number of allylic oxidation sites excluding steroid dienone is 1. The van der Waals surface area contributed by atoms with Gasteiger partial charge in [-0.25, -0.2) is 0 Å². The molecule has 0 aliphatic rings.